The van der Waals surface area contributed by atoms with Gasteiger partial charge in [0, 0.05) is 18.8 Å². The van der Waals surface area contributed by atoms with Gasteiger partial charge in [0.25, 0.3) is 0 Å². The van der Waals surface area contributed by atoms with Crippen molar-refractivity contribution in [3.8, 4) is 0 Å². The van der Waals surface area contributed by atoms with Crippen molar-refractivity contribution in [3.05, 3.63) is 24.0 Å². The van der Waals surface area contributed by atoms with Crippen LogP contribution in [-0.4, -0.2) is 29.0 Å². The van der Waals surface area contributed by atoms with Gasteiger partial charge in [0.2, 0.25) is 0 Å². The Morgan fingerprint density at radius 1 is 1.47 bits per heavy atom. The Balaban J connectivity index is 1.76. The van der Waals surface area contributed by atoms with E-state index in [1.54, 1.807) is 6.20 Å². The van der Waals surface area contributed by atoms with E-state index < -0.39 is 0 Å². The summed E-state index contributed by atoms with van der Waals surface area (Å²) >= 11 is 0. The van der Waals surface area contributed by atoms with Crippen LogP contribution in [0.4, 0.5) is 0 Å². The molecule has 0 bridgehead atoms. The van der Waals surface area contributed by atoms with Crippen LogP contribution in [-0.2, 0) is 4.74 Å². The minimum absolute atomic E-state index is 0.205. The van der Waals surface area contributed by atoms with E-state index >= 15 is 0 Å². The van der Waals surface area contributed by atoms with Crippen LogP contribution in [0.2, 0.25) is 0 Å². The molecule has 2 atom stereocenters. The highest BCUT2D eigenvalue weighted by atomic mass is 16.5. The third-order valence-electron chi connectivity index (χ3n) is 4.66. The molecule has 4 nitrogen and oxygen atoms in total. The maximum absolute atomic E-state index is 6.04. The average Bonchev–Trinajstić information content (AvgIpc) is 2.44. The molecule has 0 aromatic carbocycles. The molecule has 104 valence electrons. The Morgan fingerprint density at radius 3 is 3.00 bits per heavy atom. The zero-order valence-electron chi connectivity index (χ0n) is 11.6. The Hall–Kier alpha value is -1.00. The summed E-state index contributed by atoms with van der Waals surface area (Å²) < 4.78 is 6.04. The standard InChI is InChI=1S/C15H23N3O/c1-2-16-14(13-4-8-17-18-11-13)12-5-9-19-15(10-12)6-3-7-15/h4,8,11-12,14,16H,2-3,5-7,9-10H2,1H3. The molecule has 3 rings (SSSR count). The Bertz CT molecular complexity index is 405. The van der Waals surface area contributed by atoms with Crippen LogP contribution in [0.15, 0.2) is 18.5 Å². The first kappa shape index (κ1) is 13.0. The van der Waals surface area contributed by atoms with E-state index in [2.05, 4.69) is 28.5 Å². The second-order valence-corrected chi connectivity index (χ2v) is 5.85. The lowest BCUT2D eigenvalue weighted by Gasteiger charge is -2.49. The lowest BCUT2D eigenvalue weighted by Crippen LogP contribution is -2.48. The number of aromatic nitrogens is 2. The quantitative estimate of drug-likeness (QED) is 0.904. The van der Waals surface area contributed by atoms with Crippen molar-refractivity contribution in [2.75, 3.05) is 13.2 Å². The van der Waals surface area contributed by atoms with Crippen molar-refractivity contribution < 1.29 is 4.74 Å². The lowest BCUT2D eigenvalue weighted by molar-refractivity contribution is -0.147. The summed E-state index contributed by atoms with van der Waals surface area (Å²) in [5.74, 6) is 0.651. The zero-order chi connectivity index (χ0) is 13.1. The molecule has 4 heteroatoms. The first-order valence-corrected chi connectivity index (χ1v) is 7.47. The molecule has 19 heavy (non-hydrogen) atoms. The van der Waals surface area contributed by atoms with Crippen LogP contribution >= 0.6 is 0 Å². The van der Waals surface area contributed by atoms with Gasteiger partial charge in [0.1, 0.15) is 0 Å². The number of nitrogens with zero attached hydrogens (tertiary/aromatic N) is 2. The van der Waals surface area contributed by atoms with Gasteiger partial charge in [-0.1, -0.05) is 6.92 Å². The molecule has 2 unspecified atom stereocenters. The normalized spacial score (nSPS) is 26.9. The largest absolute Gasteiger partial charge is 0.375 e. The van der Waals surface area contributed by atoms with Gasteiger partial charge >= 0.3 is 0 Å². The van der Waals surface area contributed by atoms with Crippen molar-refractivity contribution in [1.29, 1.82) is 0 Å². The fraction of sp³-hybridized carbons (Fsp3) is 0.733. The van der Waals surface area contributed by atoms with Gasteiger partial charge < -0.3 is 10.1 Å². The Morgan fingerprint density at radius 2 is 2.37 bits per heavy atom. The average molecular weight is 261 g/mol. The van der Waals surface area contributed by atoms with E-state index in [1.807, 2.05) is 6.20 Å². The third-order valence-corrected chi connectivity index (χ3v) is 4.66. The molecule has 2 fully saturated rings. The maximum atomic E-state index is 6.04. The third kappa shape index (κ3) is 2.65. The van der Waals surface area contributed by atoms with Gasteiger partial charge in [-0.15, -0.1) is 0 Å². The van der Waals surface area contributed by atoms with E-state index in [9.17, 15) is 0 Å². The topological polar surface area (TPSA) is 47.0 Å². The maximum Gasteiger partial charge on any atom is 0.0686 e. The van der Waals surface area contributed by atoms with Gasteiger partial charge in [-0.3, -0.25) is 0 Å². The summed E-state index contributed by atoms with van der Waals surface area (Å²) in [6.45, 7) is 4.06. The van der Waals surface area contributed by atoms with Crippen molar-refractivity contribution in [2.45, 2.75) is 50.7 Å². The van der Waals surface area contributed by atoms with Crippen LogP contribution in [0.25, 0.3) is 0 Å². The summed E-state index contributed by atoms with van der Waals surface area (Å²) in [7, 11) is 0. The highest BCUT2D eigenvalue weighted by Gasteiger charge is 2.44. The molecule has 0 radical (unpaired) electrons. The molecular formula is C15H23N3O. The minimum atomic E-state index is 0.205. The van der Waals surface area contributed by atoms with Gasteiger partial charge in [-0.2, -0.15) is 10.2 Å². The fourth-order valence-corrected chi connectivity index (χ4v) is 3.53. The summed E-state index contributed by atoms with van der Waals surface area (Å²) in [6, 6.07) is 2.48. The van der Waals surface area contributed by atoms with Crippen LogP contribution in [0.3, 0.4) is 0 Å². The van der Waals surface area contributed by atoms with Gasteiger partial charge in [-0.05, 0) is 56.2 Å². The molecule has 2 heterocycles. The van der Waals surface area contributed by atoms with E-state index in [-0.39, 0.29) is 5.60 Å². The van der Waals surface area contributed by atoms with Crippen molar-refractivity contribution in [3.63, 3.8) is 0 Å². The van der Waals surface area contributed by atoms with Crippen molar-refractivity contribution >= 4 is 0 Å². The van der Waals surface area contributed by atoms with Crippen LogP contribution in [0.5, 0.6) is 0 Å². The fourth-order valence-electron chi connectivity index (χ4n) is 3.53. The lowest BCUT2D eigenvalue weighted by atomic mass is 9.70. The molecule has 2 aliphatic rings. The Labute approximate surface area is 115 Å². The predicted molar refractivity (Wildman–Crippen MR) is 73.7 cm³/mol. The number of rotatable bonds is 4. The Kier molecular flexibility index (Phi) is 3.80. The molecular weight excluding hydrogens is 238 g/mol. The van der Waals surface area contributed by atoms with Crippen LogP contribution in [0.1, 0.15) is 50.6 Å². The predicted octanol–water partition coefficient (Wildman–Crippen LogP) is 2.48. The smallest absolute Gasteiger partial charge is 0.0686 e. The van der Waals surface area contributed by atoms with Gasteiger partial charge in [0.15, 0.2) is 0 Å². The van der Waals surface area contributed by atoms with Crippen LogP contribution in [0, 0.1) is 5.92 Å². The van der Waals surface area contributed by atoms with E-state index in [4.69, 9.17) is 4.74 Å². The number of hydrogen-bond acceptors (Lipinski definition) is 4. The SMILES string of the molecule is CCNC(c1ccnnc1)C1CCOC2(CCC2)C1. The first-order valence-electron chi connectivity index (χ1n) is 7.47. The summed E-state index contributed by atoms with van der Waals surface area (Å²) in [4.78, 5) is 0. The van der Waals surface area contributed by atoms with Crippen molar-refractivity contribution in [2.24, 2.45) is 5.92 Å². The zero-order valence-corrected chi connectivity index (χ0v) is 11.6. The summed E-state index contributed by atoms with van der Waals surface area (Å²) in [5, 5.41) is 11.5. The molecule has 1 aromatic heterocycles. The highest BCUT2D eigenvalue weighted by Crippen LogP contribution is 2.47. The first-order chi connectivity index (χ1) is 9.33. The molecule has 0 amide bonds. The van der Waals surface area contributed by atoms with E-state index in [1.165, 1.54) is 31.2 Å². The second-order valence-electron chi connectivity index (χ2n) is 5.85. The summed E-state index contributed by atoms with van der Waals surface area (Å²) in [5.41, 5.74) is 1.47. The molecule has 1 saturated heterocycles. The molecule has 1 N–H and O–H groups in total. The van der Waals surface area contributed by atoms with Gasteiger partial charge in [0.05, 0.1) is 11.8 Å². The molecule has 1 aliphatic heterocycles. The highest BCUT2D eigenvalue weighted by molar-refractivity contribution is 5.14. The van der Waals surface area contributed by atoms with E-state index in [0.717, 1.165) is 19.6 Å². The number of hydrogen-bond donors (Lipinski definition) is 1. The number of ether oxygens (including phenoxy) is 1. The van der Waals surface area contributed by atoms with Crippen LogP contribution < -0.4 is 5.32 Å². The second kappa shape index (κ2) is 5.55. The summed E-state index contributed by atoms with van der Waals surface area (Å²) in [6.07, 6.45) is 9.84. The molecule has 1 aromatic rings. The molecule has 1 spiro atoms. The minimum Gasteiger partial charge on any atom is -0.375 e. The molecule has 1 saturated carbocycles. The van der Waals surface area contributed by atoms with Crippen molar-refractivity contribution in [1.82, 2.24) is 15.5 Å². The molecule has 1 aliphatic carbocycles. The van der Waals surface area contributed by atoms with E-state index in [0.29, 0.717) is 12.0 Å². The number of nitrogens with one attached hydrogen (secondary N) is 1. The monoisotopic (exact) mass is 261 g/mol. The van der Waals surface area contributed by atoms with Gasteiger partial charge in [-0.25, -0.2) is 0 Å².